The van der Waals surface area contributed by atoms with E-state index in [1.807, 2.05) is 4.90 Å². The van der Waals surface area contributed by atoms with Crippen LogP contribution in [0.1, 0.15) is 23.2 Å². The number of ether oxygens (including phenoxy) is 3. The molecule has 0 radical (unpaired) electrons. The number of hydrogen-bond acceptors (Lipinski definition) is 6. The number of nitrogens with zero attached hydrogens (tertiary/aromatic N) is 2. The first kappa shape index (κ1) is 20.4. The molecule has 2 N–H and O–H groups in total. The summed E-state index contributed by atoms with van der Waals surface area (Å²) in [5, 5.41) is 0. The van der Waals surface area contributed by atoms with Gasteiger partial charge in [-0.3, -0.25) is 9.59 Å². The van der Waals surface area contributed by atoms with Gasteiger partial charge in [0.05, 0.1) is 19.6 Å². The van der Waals surface area contributed by atoms with Gasteiger partial charge in [0.15, 0.2) is 11.5 Å². The largest absolute Gasteiger partial charge is 0.493 e. The Morgan fingerprint density at radius 1 is 1.04 bits per heavy atom. The second-order valence-corrected chi connectivity index (χ2v) is 7.25. The van der Waals surface area contributed by atoms with Gasteiger partial charge in [-0.15, -0.1) is 0 Å². The third-order valence-electron chi connectivity index (χ3n) is 5.78. The van der Waals surface area contributed by atoms with Crippen molar-refractivity contribution in [2.24, 2.45) is 11.1 Å². The van der Waals surface area contributed by atoms with Gasteiger partial charge in [-0.25, -0.2) is 0 Å². The van der Waals surface area contributed by atoms with E-state index in [9.17, 15) is 9.59 Å². The van der Waals surface area contributed by atoms with Crippen molar-refractivity contribution in [3.8, 4) is 11.5 Å². The predicted octanol–water partition coefficient (Wildman–Crippen LogP) is 0.744. The van der Waals surface area contributed by atoms with E-state index in [0.717, 1.165) is 0 Å². The average Bonchev–Trinajstić information content (AvgIpc) is 2.78. The molecule has 0 spiro atoms. The minimum absolute atomic E-state index is 0.0762. The summed E-state index contributed by atoms with van der Waals surface area (Å²) in [5.41, 5.74) is 5.98. The van der Waals surface area contributed by atoms with Crippen LogP contribution in [0.3, 0.4) is 0 Å². The van der Waals surface area contributed by atoms with E-state index >= 15 is 0 Å². The average molecular weight is 391 g/mol. The van der Waals surface area contributed by atoms with Gasteiger partial charge in [0.2, 0.25) is 5.91 Å². The molecule has 3 rings (SSSR count). The summed E-state index contributed by atoms with van der Waals surface area (Å²) < 4.78 is 15.9. The highest BCUT2D eigenvalue weighted by molar-refractivity contribution is 5.95. The number of carbonyl (C=O) groups excluding carboxylic acids is 2. The molecule has 2 fully saturated rings. The SMILES string of the molecule is COc1ccc(C(=O)N2CCN(C(=O)C3(CN)CCOCC3)CC2)cc1OC. The topological polar surface area (TPSA) is 94.3 Å². The molecule has 2 aliphatic rings. The third kappa shape index (κ3) is 3.93. The predicted molar refractivity (Wildman–Crippen MR) is 104 cm³/mol. The van der Waals surface area contributed by atoms with Crippen LogP contribution in [0.4, 0.5) is 0 Å². The van der Waals surface area contributed by atoms with Gasteiger partial charge >= 0.3 is 0 Å². The van der Waals surface area contributed by atoms with Crippen molar-refractivity contribution in [2.75, 3.05) is 60.2 Å². The summed E-state index contributed by atoms with van der Waals surface area (Å²) in [5.74, 6) is 1.12. The number of piperazine rings is 1. The number of carbonyl (C=O) groups is 2. The molecule has 1 aromatic carbocycles. The molecular formula is C20H29N3O5. The first-order valence-corrected chi connectivity index (χ1v) is 9.63. The van der Waals surface area contributed by atoms with E-state index in [1.165, 1.54) is 0 Å². The fraction of sp³-hybridized carbons (Fsp3) is 0.600. The van der Waals surface area contributed by atoms with Crippen LogP contribution in [0.2, 0.25) is 0 Å². The van der Waals surface area contributed by atoms with Crippen molar-refractivity contribution in [2.45, 2.75) is 12.8 Å². The number of methoxy groups -OCH3 is 2. The van der Waals surface area contributed by atoms with E-state index < -0.39 is 5.41 Å². The zero-order valence-electron chi connectivity index (χ0n) is 16.6. The molecule has 0 atom stereocenters. The molecule has 0 unspecified atom stereocenters. The number of amides is 2. The van der Waals surface area contributed by atoms with Crippen LogP contribution in [0.15, 0.2) is 18.2 Å². The Balaban J connectivity index is 1.63. The van der Waals surface area contributed by atoms with Crippen LogP contribution in [-0.4, -0.2) is 81.8 Å². The maximum Gasteiger partial charge on any atom is 0.254 e. The lowest BCUT2D eigenvalue weighted by Gasteiger charge is -2.42. The fourth-order valence-corrected chi connectivity index (χ4v) is 3.87. The molecule has 1 aromatic rings. The van der Waals surface area contributed by atoms with Crippen LogP contribution >= 0.6 is 0 Å². The maximum atomic E-state index is 13.1. The van der Waals surface area contributed by atoms with Crippen molar-refractivity contribution < 1.29 is 23.8 Å². The van der Waals surface area contributed by atoms with Gasteiger partial charge in [0.1, 0.15) is 0 Å². The van der Waals surface area contributed by atoms with Gasteiger partial charge in [-0.2, -0.15) is 0 Å². The quantitative estimate of drug-likeness (QED) is 0.796. The Morgan fingerprint density at radius 3 is 2.21 bits per heavy atom. The first-order valence-electron chi connectivity index (χ1n) is 9.63. The summed E-state index contributed by atoms with van der Waals surface area (Å²) in [6.45, 7) is 3.49. The highest BCUT2D eigenvalue weighted by Gasteiger charge is 2.42. The molecule has 2 heterocycles. The van der Waals surface area contributed by atoms with Crippen molar-refractivity contribution in [1.29, 1.82) is 0 Å². The van der Waals surface area contributed by atoms with Crippen molar-refractivity contribution in [3.05, 3.63) is 23.8 Å². The molecule has 2 amide bonds. The summed E-state index contributed by atoms with van der Waals surface area (Å²) in [4.78, 5) is 29.5. The van der Waals surface area contributed by atoms with Gasteiger partial charge in [-0.1, -0.05) is 0 Å². The van der Waals surface area contributed by atoms with E-state index in [2.05, 4.69) is 0 Å². The molecule has 0 bridgehead atoms. The third-order valence-corrected chi connectivity index (χ3v) is 5.78. The monoisotopic (exact) mass is 391 g/mol. The molecule has 8 nitrogen and oxygen atoms in total. The first-order chi connectivity index (χ1) is 13.5. The number of hydrogen-bond donors (Lipinski definition) is 1. The fourth-order valence-electron chi connectivity index (χ4n) is 3.87. The highest BCUT2D eigenvalue weighted by atomic mass is 16.5. The Kier molecular flexibility index (Phi) is 6.41. The van der Waals surface area contributed by atoms with E-state index in [-0.39, 0.29) is 11.8 Å². The standard InChI is InChI=1S/C20H29N3O5/c1-26-16-4-3-15(13-17(16)27-2)18(24)22-7-9-23(10-8-22)19(25)20(14-21)5-11-28-12-6-20/h3-4,13H,5-12,14,21H2,1-2H3. The van der Waals surface area contributed by atoms with Crippen LogP contribution in [0.25, 0.3) is 0 Å². The number of nitrogens with two attached hydrogens (primary N) is 1. The van der Waals surface area contributed by atoms with E-state index in [4.69, 9.17) is 19.9 Å². The van der Waals surface area contributed by atoms with Gasteiger partial charge < -0.3 is 29.7 Å². The highest BCUT2D eigenvalue weighted by Crippen LogP contribution is 2.32. The summed E-state index contributed by atoms with van der Waals surface area (Å²) in [7, 11) is 3.10. The van der Waals surface area contributed by atoms with E-state index in [0.29, 0.717) is 75.8 Å². The van der Waals surface area contributed by atoms with Crippen molar-refractivity contribution >= 4 is 11.8 Å². The molecule has 2 aliphatic heterocycles. The Hall–Kier alpha value is -2.32. The lowest BCUT2D eigenvalue weighted by molar-refractivity contribution is -0.148. The minimum atomic E-state index is -0.520. The van der Waals surface area contributed by atoms with Crippen LogP contribution in [-0.2, 0) is 9.53 Å². The van der Waals surface area contributed by atoms with Crippen molar-refractivity contribution in [3.63, 3.8) is 0 Å². The molecular weight excluding hydrogens is 362 g/mol. The molecule has 154 valence electrons. The second kappa shape index (κ2) is 8.79. The second-order valence-electron chi connectivity index (χ2n) is 7.25. The molecule has 2 saturated heterocycles. The zero-order valence-corrected chi connectivity index (χ0v) is 16.6. The molecule has 8 heteroatoms. The summed E-state index contributed by atoms with van der Waals surface area (Å²) in [6.07, 6.45) is 1.32. The van der Waals surface area contributed by atoms with Gasteiger partial charge in [0.25, 0.3) is 5.91 Å². The normalized spacial score (nSPS) is 19.2. The van der Waals surface area contributed by atoms with Crippen LogP contribution in [0, 0.1) is 5.41 Å². The summed E-state index contributed by atoms with van der Waals surface area (Å²) >= 11 is 0. The van der Waals surface area contributed by atoms with Gasteiger partial charge in [-0.05, 0) is 31.0 Å². The zero-order chi connectivity index (χ0) is 20.1. The van der Waals surface area contributed by atoms with E-state index in [1.54, 1.807) is 37.3 Å². The molecule has 0 aromatic heterocycles. The minimum Gasteiger partial charge on any atom is -0.493 e. The van der Waals surface area contributed by atoms with Gasteiger partial charge in [0, 0.05) is 51.5 Å². The number of benzene rings is 1. The smallest absolute Gasteiger partial charge is 0.254 e. The van der Waals surface area contributed by atoms with Crippen LogP contribution in [0.5, 0.6) is 11.5 Å². The lowest BCUT2D eigenvalue weighted by Crippen LogP contribution is -2.57. The van der Waals surface area contributed by atoms with Crippen LogP contribution < -0.4 is 15.2 Å². The molecule has 28 heavy (non-hydrogen) atoms. The molecule has 0 saturated carbocycles. The Morgan fingerprint density at radius 2 is 1.64 bits per heavy atom. The Labute approximate surface area is 165 Å². The number of rotatable bonds is 5. The lowest BCUT2D eigenvalue weighted by atomic mass is 9.78. The Bertz CT molecular complexity index is 710. The van der Waals surface area contributed by atoms with Crippen molar-refractivity contribution in [1.82, 2.24) is 9.80 Å². The molecule has 0 aliphatic carbocycles. The maximum absolute atomic E-state index is 13.1. The summed E-state index contributed by atoms with van der Waals surface area (Å²) in [6, 6.07) is 5.14.